The van der Waals surface area contributed by atoms with E-state index in [2.05, 4.69) is 34.4 Å². The Bertz CT molecular complexity index is 833. The Morgan fingerprint density at radius 1 is 1.14 bits per heavy atom. The molecule has 1 aromatic carbocycles. The number of benzene rings is 1. The van der Waals surface area contributed by atoms with Crippen molar-refractivity contribution in [1.82, 2.24) is 20.0 Å². The van der Waals surface area contributed by atoms with Gasteiger partial charge in [-0.05, 0) is 19.4 Å². The Kier molecular flexibility index (Phi) is 5.99. The molecule has 2 aliphatic heterocycles. The van der Waals surface area contributed by atoms with Gasteiger partial charge in [0.05, 0.1) is 32.0 Å². The summed E-state index contributed by atoms with van der Waals surface area (Å²) in [7, 11) is 0. The van der Waals surface area contributed by atoms with E-state index in [1.54, 1.807) is 0 Å². The summed E-state index contributed by atoms with van der Waals surface area (Å²) in [5.74, 6) is -0.349. The Morgan fingerprint density at radius 3 is 2.52 bits per heavy atom. The van der Waals surface area contributed by atoms with Crippen molar-refractivity contribution in [3.8, 4) is 0 Å². The molecule has 1 spiro atoms. The fourth-order valence-corrected chi connectivity index (χ4v) is 4.18. The Hall–Kier alpha value is -2.22. The molecule has 2 aromatic rings. The molecule has 0 saturated carbocycles. The highest BCUT2D eigenvalue weighted by Crippen LogP contribution is 2.31. The number of aromatic nitrogens is 2. The summed E-state index contributed by atoms with van der Waals surface area (Å²) in [5.41, 5.74) is 4.38. The lowest BCUT2D eigenvalue weighted by atomic mass is 10.0. The zero-order valence-electron chi connectivity index (χ0n) is 17.3. The van der Waals surface area contributed by atoms with Crippen molar-refractivity contribution in [3.05, 3.63) is 52.8 Å². The maximum Gasteiger partial charge on any atom is 0.234 e. The minimum absolute atomic E-state index is 0.0452. The van der Waals surface area contributed by atoms with Gasteiger partial charge in [-0.2, -0.15) is 5.10 Å². The van der Waals surface area contributed by atoms with Gasteiger partial charge in [-0.3, -0.25) is 14.4 Å². The summed E-state index contributed by atoms with van der Waals surface area (Å²) in [4.78, 5) is 14.6. The van der Waals surface area contributed by atoms with Crippen molar-refractivity contribution in [2.75, 3.05) is 32.8 Å². The summed E-state index contributed by atoms with van der Waals surface area (Å²) in [6.45, 7) is 8.72. The smallest absolute Gasteiger partial charge is 0.234 e. The normalized spacial score (nSPS) is 19.0. The molecule has 2 saturated heterocycles. The first-order chi connectivity index (χ1) is 14.0. The second-order valence-corrected chi connectivity index (χ2v) is 7.95. The maximum atomic E-state index is 12.5. The summed E-state index contributed by atoms with van der Waals surface area (Å²) in [6.07, 6.45) is 1.65. The molecule has 1 amide bonds. The van der Waals surface area contributed by atoms with E-state index in [1.165, 1.54) is 5.56 Å². The van der Waals surface area contributed by atoms with Crippen LogP contribution in [0, 0.1) is 13.8 Å². The van der Waals surface area contributed by atoms with Gasteiger partial charge in [-0.25, -0.2) is 0 Å². The van der Waals surface area contributed by atoms with Crippen molar-refractivity contribution in [2.24, 2.45) is 0 Å². The van der Waals surface area contributed by atoms with Gasteiger partial charge in [0.1, 0.15) is 0 Å². The van der Waals surface area contributed by atoms with Gasteiger partial charge in [-0.1, -0.05) is 30.3 Å². The highest BCUT2D eigenvalue weighted by molar-refractivity contribution is 5.78. The van der Waals surface area contributed by atoms with Crippen LogP contribution in [0.1, 0.15) is 35.4 Å². The van der Waals surface area contributed by atoms with E-state index in [-0.39, 0.29) is 5.91 Å². The largest absolute Gasteiger partial charge is 0.351 e. The molecule has 7 heteroatoms. The number of hydrogen-bond donors (Lipinski definition) is 1. The van der Waals surface area contributed by atoms with Crippen LogP contribution in [0.5, 0.6) is 0 Å². The number of piperidine rings is 1. The number of likely N-dealkylation sites (tertiary alicyclic amines) is 1. The molecule has 0 aliphatic carbocycles. The molecule has 0 bridgehead atoms. The predicted octanol–water partition coefficient (Wildman–Crippen LogP) is 2.00. The third-order valence-corrected chi connectivity index (χ3v) is 5.97. The monoisotopic (exact) mass is 398 g/mol. The zero-order chi connectivity index (χ0) is 20.3. The maximum absolute atomic E-state index is 12.5. The minimum atomic E-state index is -0.394. The second kappa shape index (κ2) is 8.65. The van der Waals surface area contributed by atoms with E-state index in [9.17, 15) is 4.79 Å². The van der Waals surface area contributed by atoms with E-state index < -0.39 is 5.79 Å². The lowest BCUT2D eigenvalue weighted by molar-refractivity contribution is -0.185. The molecular weight excluding hydrogens is 368 g/mol. The molecule has 2 aliphatic rings. The molecule has 29 heavy (non-hydrogen) atoms. The average molecular weight is 399 g/mol. The molecule has 1 N–H and O–H groups in total. The number of carbonyl (C=O) groups is 1. The van der Waals surface area contributed by atoms with Crippen molar-refractivity contribution in [3.63, 3.8) is 0 Å². The van der Waals surface area contributed by atoms with Crippen LogP contribution in [0.15, 0.2) is 30.3 Å². The van der Waals surface area contributed by atoms with E-state index >= 15 is 0 Å². The highest BCUT2D eigenvalue weighted by atomic mass is 16.7. The van der Waals surface area contributed by atoms with Crippen LogP contribution in [0.4, 0.5) is 0 Å². The summed E-state index contributed by atoms with van der Waals surface area (Å²) >= 11 is 0. The molecule has 1 aromatic heterocycles. The first-order valence-corrected chi connectivity index (χ1v) is 10.4. The quantitative estimate of drug-likeness (QED) is 0.806. The standard InChI is InChI=1S/C22H30N4O3/c1-17-20(18(2)26(24-17)15-19-6-4-3-5-7-19)14-23-21(27)16-25-10-8-22(9-11-25)28-12-13-29-22/h3-7H,8-16H2,1-2H3,(H,23,27). The van der Waals surface area contributed by atoms with Crippen LogP contribution in [0.2, 0.25) is 0 Å². The van der Waals surface area contributed by atoms with Crippen molar-refractivity contribution in [1.29, 1.82) is 0 Å². The molecule has 0 unspecified atom stereocenters. The molecule has 3 heterocycles. The van der Waals surface area contributed by atoms with Crippen LogP contribution < -0.4 is 5.32 Å². The van der Waals surface area contributed by atoms with Crippen LogP contribution in [-0.4, -0.2) is 59.2 Å². The zero-order valence-corrected chi connectivity index (χ0v) is 17.3. The molecule has 4 rings (SSSR count). The number of aryl methyl sites for hydroxylation is 1. The van der Waals surface area contributed by atoms with E-state index in [0.717, 1.165) is 49.4 Å². The van der Waals surface area contributed by atoms with Gasteiger partial charge in [0, 0.05) is 43.7 Å². The Morgan fingerprint density at radius 2 is 1.83 bits per heavy atom. The number of ether oxygens (including phenoxy) is 2. The van der Waals surface area contributed by atoms with Crippen LogP contribution in [0.3, 0.4) is 0 Å². The van der Waals surface area contributed by atoms with Crippen molar-refractivity contribution in [2.45, 2.75) is 45.6 Å². The number of carbonyl (C=O) groups excluding carboxylic acids is 1. The molecule has 156 valence electrons. The van der Waals surface area contributed by atoms with E-state index in [4.69, 9.17) is 9.47 Å². The fraction of sp³-hybridized carbons (Fsp3) is 0.545. The van der Waals surface area contributed by atoms with Gasteiger partial charge in [0.2, 0.25) is 5.91 Å². The topological polar surface area (TPSA) is 68.6 Å². The average Bonchev–Trinajstić information content (AvgIpc) is 3.28. The predicted molar refractivity (Wildman–Crippen MR) is 109 cm³/mol. The lowest BCUT2D eigenvalue weighted by Gasteiger charge is -2.37. The first kappa shape index (κ1) is 20.1. The summed E-state index contributed by atoms with van der Waals surface area (Å²) < 4.78 is 13.5. The minimum Gasteiger partial charge on any atom is -0.351 e. The molecular formula is C22H30N4O3. The molecule has 0 atom stereocenters. The molecule has 7 nitrogen and oxygen atoms in total. The first-order valence-electron chi connectivity index (χ1n) is 10.4. The Labute approximate surface area is 172 Å². The highest BCUT2D eigenvalue weighted by Gasteiger charge is 2.39. The fourth-order valence-electron chi connectivity index (χ4n) is 4.18. The van der Waals surface area contributed by atoms with Gasteiger partial charge in [0.15, 0.2) is 5.79 Å². The number of nitrogens with one attached hydrogen (secondary N) is 1. The number of nitrogens with zero attached hydrogens (tertiary/aromatic N) is 3. The number of amides is 1. The van der Waals surface area contributed by atoms with Gasteiger partial charge < -0.3 is 14.8 Å². The number of rotatable bonds is 6. The van der Waals surface area contributed by atoms with Crippen molar-refractivity contribution < 1.29 is 14.3 Å². The van der Waals surface area contributed by atoms with Gasteiger partial charge in [0.25, 0.3) is 0 Å². The third kappa shape index (κ3) is 4.69. The van der Waals surface area contributed by atoms with E-state index in [0.29, 0.717) is 26.3 Å². The summed E-state index contributed by atoms with van der Waals surface area (Å²) in [6, 6.07) is 10.3. The van der Waals surface area contributed by atoms with Gasteiger partial charge >= 0.3 is 0 Å². The van der Waals surface area contributed by atoms with Crippen LogP contribution >= 0.6 is 0 Å². The second-order valence-electron chi connectivity index (χ2n) is 7.95. The van der Waals surface area contributed by atoms with E-state index in [1.807, 2.05) is 29.8 Å². The van der Waals surface area contributed by atoms with Crippen LogP contribution in [0.25, 0.3) is 0 Å². The third-order valence-electron chi connectivity index (χ3n) is 5.97. The Balaban J connectivity index is 1.28. The molecule has 0 radical (unpaired) electrons. The summed E-state index contributed by atoms with van der Waals surface area (Å²) in [5, 5.41) is 7.74. The SMILES string of the molecule is Cc1nn(Cc2ccccc2)c(C)c1CNC(=O)CN1CCC2(CC1)OCCO2. The lowest BCUT2D eigenvalue weighted by Crippen LogP contribution is -2.48. The van der Waals surface area contributed by atoms with Crippen LogP contribution in [-0.2, 0) is 27.4 Å². The molecule has 2 fully saturated rings. The van der Waals surface area contributed by atoms with Gasteiger partial charge in [-0.15, -0.1) is 0 Å². The van der Waals surface area contributed by atoms with Crippen molar-refractivity contribution >= 4 is 5.91 Å². The number of hydrogen-bond acceptors (Lipinski definition) is 5.